The first kappa shape index (κ1) is 7.07. The van der Waals surface area contributed by atoms with E-state index in [-0.39, 0.29) is 0 Å². The summed E-state index contributed by atoms with van der Waals surface area (Å²) in [5.74, 6) is 0. The molecule has 0 radical (unpaired) electrons. The Morgan fingerprint density at radius 2 is 1.89 bits per heavy atom. The molecule has 0 atom stereocenters. The Labute approximate surface area is 57.1 Å². The fourth-order valence-corrected chi connectivity index (χ4v) is 1.75. The molecule has 0 aromatic heterocycles. The van der Waals surface area contributed by atoms with Crippen LogP contribution in [0.2, 0.25) is 0 Å². The van der Waals surface area contributed by atoms with E-state index >= 15 is 0 Å². The summed E-state index contributed by atoms with van der Waals surface area (Å²) in [7, 11) is 0. The van der Waals surface area contributed by atoms with Crippen molar-refractivity contribution in [2.45, 2.75) is 39.0 Å². The first-order valence-corrected chi connectivity index (χ1v) is 3.94. The van der Waals surface area contributed by atoms with Crippen LogP contribution in [0.25, 0.3) is 0 Å². The van der Waals surface area contributed by atoms with E-state index in [4.69, 9.17) is 5.11 Å². The average Bonchev–Trinajstić information content (AvgIpc) is 2.36. The van der Waals surface area contributed by atoms with Crippen LogP contribution in [-0.2, 0) is 0 Å². The molecule has 0 saturated heterocycles. The highest BCUT2D eigenvalue weighted by Gasteiger charge is 2.30. The van der Waals surface area contributed by atoms with Crippen molar-refractivity contribution in [3.8, 4) is 0 Å². The number of hydrogen-bond donors (Lipinski definition) is 1. The quantitative estimate of drug-likeness (QED) is 0.602. The van der Waals surface area contributed by atoms with Crippen molar-refractivity contribution in [3.05, 3.63) is 0 Å². The van der Waals surface area contributed by atoms with E-state index in [1.807, 2.05) is 0 Å². The fourth-order valence-electron chi connectivity index (χ4n) is 1.75. The Morgan fingerprint density at radius 3 is 2.11 bits per heavy atom. The lowest BCUT2D eigenvalue weighted by Crippen LogP contribution is -2.19. The molecule has 1 fully saturated rings. The van der Waals surface area contributed by atoms with Gasteiger partial charge in [-0.15, -0.1) is 0 Å². The predicted octanol–water partition coefficient (Wildman–Crippen LogP) is 1.95. The summed E-state index contributed by atoms with van der Waals surface area (Å²) >= 11 is 0. The molecule has 1 rings (SSSR count). The highest BCUT2D eigenvalue weighted by Crippen LogP contribution is 2.39. The molecule has 0 aliphatic heterocycles. The maximum absolute atomic E-state index is 9.02. The van der Waals surface area contributed by atoms with Gasteiger partial charge in [0.15, 0.2) is 0 Å². The molecule has 0 aromatic carbocycles. The Balaban J connectivity index is 2.45. The molecule has 1 aliphatic carbocycles. The van der Waals surface area contributed by atoms with Crippen LogP contribution in [0.4, 0.5) is 0 Å². The lowest BCUT2D eigenvalue weighted by atomic mass is 9.85. The first-order valence-electron chi connectivity index (χ1n) is 3.94. The van der Waals surface area contributed by atoms with Gasteiger partial charge in [0.2, 0.25) is 0 Å². The molecule has 0 unspecified atom stereocenters. The maximum atomic E-state index is 9.02. The molecule has 0 aromatic rings. The molecule has 1 heteroatoms. The second-order valence-corrected chi connectivity index (χ2v) is 3.22. The summed E-state index contributed by atoms with van der Waals surface area (Å²) in [5, 5.41) is 9.02. The minimum absolute atomic E-state index is 0.333. The van der Waals surface area contributed by atoms with Gasteiger partial charge in [-0.25, -0.2) is 0 Å². The third kappa shape index (κ3) is 1.26. The molecule has 0 spiro atoms. The van der Waals surface area contributed by atoms with Gasteiger partial charge in [-0.05, 0) is 24.7 Å². The van der Waals surface area contributed by atoms with E-state index in [9.17, 15) is 0 Å². The molecule has 0 heterocycles. The molecular weight excluding hydrogens is 112 g/mol. The monoisotopic (exact) mass is 128 g/mol. The predicted molar refractivity (Wildman–Crippen MR) is 38.3 cm³/mol. The first-order chi connectivity index (χ1) is 4.33. The molecule has 9 heavy (non-hydrogen) atoms. The van der Waals surface area contributed by atoms with Crippen LogP contribution in [0, 0.1) is 5.41 Å². The molecule has 54 valence electrons. The molecule has 1 N–H and O–H groups in total. The molecule has 1 saturated carbocycles. The number of aliphatic hydroxyl groups excluding tert-OH is 1. The van der Waals surface area contributed by atoms with E-state index in [1.54, 1.807) is 0 Å². The standard InChI is InChI=1S/C8H16O/c1-2-8(7-9)5-3-4-6-8/h9H,2-7H2,1H3. The van der Waals surface area contributed by atoms with E-state index in [1.165, 1.54) is 25.7 Å². The summed E-state index contributed by atoms with van der Waals surface area (Å²) in [6, 6.07) is 0. The minimum atomic E-state index is 0.333. The summed E-state index contributed by atoms with van der Waals surface area (Å²) in [5.41, 5.74) is 0.333. The van der Waals surface area contributed by atoms with Gasteiger partial charge in [-0.1, -0.05) is 19.8 Å². The van der Waals surface area contributed by atoms with Gasteiger partial charge in [0, 0.05) is 6.61 Å². The van der Waals surface area contributed by atoms with E-state index in [0.29, 0.717) is 12.0 Å². The van der Waals surface area contributed by atoms with Crippen LogP contribution >= 0.6 is 0 Å². The lowest BCUT2D eigenvalue weighted by Gasteiger charge is -2.23. The molecule has 0 amide bonds. The second-order valence-electron chi connectivity index (χ2n) is 3.22. The lowest BCUT2D eigenvalue weighted by molar-refractivity contribution is 0.126. The van der Waals surface area contributed by atoms with Gasteiger partial charge in [0.05, 0.1) is 0 Å². The van der Waals surface area contributed by atoms with Crippen molar-refractivity contribution >= 4 is 0 Å². The highest BCUT2D eigenvalue weighted by atomic mass is 16.3. The van der Waals surface area contributed by atoms with Crippen molar-refractivity contribution in [2.75, 3.05) is 6.61 Å². The van der Waals surface area contributed by atoms with Crippen molar-refractivity contribution in [2.24, 2.45) is 5.41 Å². The van der Waals surface area contributed by atoms with Gasteiger partial charge in [-0.2, -0.15) is 0 Å². The largest absolute Gasteiger partial charge is 0.396 e. The minimum Gasteiger partial charge on any atom is -0.396 e. The van der Waals surface area contributed by atoms with Crippen LogP contribution in [0.1, 0.15) is 39.0 Å². The third-order valence-electron chi connectivity index (χ3n) is 2.75. The zero-order valence-corrected chi connectivity index (χ0v) is 6.19. The SMILES string of the molecule is CCC1(CO)CCCC1. The molecule has 0 bridgehead atoms. The van der Waals surface area contributed by atoms with Gasteiger partial charge in [-0.3, -0.25) is 0 Å². The summed E-state index contributed by atoms with van der Waals surface area (Å²) in [6.45, 7) is 2.59. The Bertz CT molecular complexity index is 76.6. The van der Waals surface area contributed by atoms with Gasteiger partial charge in [0.25, 0.3) is 0 Å². The summed E-state index contributed by atoms with van der Waals surface area (Å²) < 4.78 is 0. The van der Waals surface area contributed by atoms with Crippen LogP contribution < -0.4 is 0 Å². The second kappa shape index (κ2) is 2.70. The van der Waals surface area contributed by atoms with Crippen molar-refractivity contribution < 1.29 is 5.11 Å². The zero-order valence-electron chi connectivity index (χ0n) is 6.19. The molecular formula is C8H16O. The van der Waals surface area contributed by atoms with E-state index < -0.39 is 0 Å². The van der Waals surface area contributed by atoms with Crippen molar-refractivity contribution in [3.63, 3.8) is 0 Å². The number of hydrogen-bond acceptors (Lipinski definition) is 1. The Kier molecular flexibility index (Phi) is 2.12. The Morgan fingerprint density at radius 1 is 1.33 bits per heavy atom. The maximum Gasteiger partial charge on any atom is 0.0487 e. The smallest absolute Gasteiger partial charge is 0.0487 e. The van der Waals surface area contributed by atoms with Crippen molar-refractivity contribution in [1.82, 2.24) is 0 Å². The van der Waals surface area contributed by atoms with Gasteiger partial charge in [0.1, 0.15) is 0 Å². The third-order valence-corrected chi connectivity index (χ3v) is 2.75. The molecule has 1 nitrogen and oxygen atoms in total. The highest BCUT2D eigenvalue weighted by molar-refractivity contribution is 4.82. The fraction of sp³-hybridized carbons (Fsp3) is 1.00. The zero-order chi connectivity index (χ0) is 6.74. The van der Waals surface area contributed by atoms with E-state index in [2.05, 4.69) is 6.92 Å². The number of aliphatic hydroxyl groups is 1. The van der Waals surface area contributed by atoms with Gasteiger partial charge < -0.3 is 5.11 Å². The summed E-state index contributed by atoms with van der Waals surface area (Å²) in [4.78, 5) is 0. The van der Waals surface area contributed by atoms with Crippen LogP contribution in [0.15, 0.2) is 0 Å². The normalized spacial score (nSPS) is 24.7. The van der Waals surface area contributed by atoms with Gasteiger partial charge >= 0.3 is 0 Å². The van der Waals surface area contributed by atoms with Crippen LogP contribution in [-0.4, -0.2) is 11.7 Å². The average molecular weight is 128 g/mol. The van der Waals surface area contributed by atoms with Crippen molar-refractivity contribution in [1.29, 1.82) is 0 Å². The van der Waals surface area contributed by atoms with E-state index in [0.717, 1.165) is 6.42 Å². The van der Waals surface area contributed by atoms with Crippen LogP contribution in [0.3, 0.4) is 0 Å². The molecule has 1 aliphatic rings. The van der Waals surface area contributed by atoms with Crippen LogP contribution in [0.5, 0.6) is 0 Å². The number of rotatable bonds is 2. The summed E-state index contributed by atoms with van der Waals surface area (Å²) in [6.07, 6.45) is 6.31. The Hall–Kier alpha value is -0.0400. The topological polar surface area (TPSA) is 20.2 Å².